The minimum Gasteiger partial charge on any atom is -0.464 e. The standard InChI is InChI=1S/C11H13BrN4O4S3.C7H11N3O3S.C5H6BrNO2S2/c1-4-19-10-13-16(11(21)15(10)3)9(17)14-20-23(18)8-6(2)22-5-7(8)12;1-4-13-5-8-10(7(11)12-3)6(14)9(5)2;1-3-5(11(7,8)9)4(6)2-10-3/h5H,4H2,1-3H3,(H,14,17);4H2,1-3H3;2H,1H3,(H2,7,8,9). The summed E-state index contributed by atoms with van der Waals surface area (Å²) in [6.07, 6.45) is -0.628. The number of methoxy groups -OCH3 is 1. The largest absolute Gasteiger partial charge is 0.464 e. The quantitative estimate of drug-likeness (QED) is 0.174. The van der Waals surface area contributed by atoms with Crippen molar-refractivity contribution in [1.82, 2.24) is 34.2 Å². The summed E-state index contributed by atoms with van der Waals surface area (Å²) < 4.78 is 60.0. The lowest BCUT2D eigenvalue weighted by molar-refractivity contribution is 0.168. The van der Waals surface area contributed by atoms with Gasteiger partial charge in [0.2, 0.25) is 30.6 Å². The lowest BCUT2D eigenvalue weighted by Gasteiger charge is -2.04. The van der Waals surface area contributed by atoms with E-state index in [1.807, 2.05) is 6.92 Å². The Morgan fingerprint density at radius 2 is 1.44 bits per heavy atom. The maximum absolute atomic E-state index is 12.1. The van der Waals surface area contributed by atoms with Crippen molar-refractivity contribution in [2.75, 3.05) is 20.3 Å². The van der Waals surface area contributed by atoms with Gasteiger partial charge in [0, 0.05) is 43.6 Å². The summed E-state index contributed by atoms with van der Waals surface area (Å²) in [6, 6.07) is -0.276. The van der Waals surface area contributed by atoms with Gasteiger partial charge in [-0.1, -0.05) is 0 Å². The zero-order valence-corrected chi connectivity index (χ0v) is 34.3. The van der Waals surface area contributed by atoms with Gasteiger partial charge in [0.05, 0.1) is 25.2 Å². The lowest BCUT2D eigenvalue weighted by atomic mass is 10.5. The smallest absolute Gasteiger partial charge is 0.437 e. The number of primary sulfonamides is 1. The second-order valence-corrected chi connectivity index (χ2v) is 15.8. The Kier molecular flexibility index (Phi) is 16.2. The molecule has 25 heteroatoms. The average molecular weight is 915 g/mol. The molecule has 0 aliphatic carbocycles. The maximum Gasteiger partial charge on any atom is 0.437 e. The van der Waals surface area contributed by atoms with E-state index in [-0.39, 0.29) is 20.4 Å². The summed E-state index contributed by atoms with van der Waals surface area (Å²) >= 11 is 17.3. The molecule has 0 saturated carbocycles. The van der Waals surface area contributed by atoms with Gasteiger partial charge in [-0.15, -0.1) is 42.2 Å². The molecule has 0 saturated heterocycles. The van der Waals surface area contributed by atoms with E-state index in [0.29, 0.717) is 37.9 Å². The number of aryl methyl sites for hydroxylation is 2. The first kappa shape index (κ1) is 41.8. The number of halogens is 2. The van der Waals surface area contributed by atoms with Crippen molar-refractivity contribution >= 4 is 112 Å². The minimum atomic E-state index is -3.56. The zero-order valence-electron chi connectivity index (χ0n) is 26.2. The SMILES string of the molecule is CCOc1nn(C(=O)NOS(=O)c2c(Br)csc2C)c(=S)n1C.CCOc1nn(C(=O)OC)c(=S)n1C.Cc1scc(Br)c1S(N)(=O)=O. The van der Waals surface area contributed by atoms with Crippen LogP contribution < -0.4 is 20.1 Å². The molecule has 0 bridgehead atoms. The molecule has 1 amide bonds. The summed E-state index contributed by atoms with van der Waals surface area (Å²) in [4.78, 5) is 25.4. The molecule has 1 atom stereocenters. The Morgan fingerprint density at radius 3 is 1.83 bits per heavy atom. The van der Waals surface area contributed by atoms with Crippen molar-refractivity contribution in [3.63, 3.8) is 0 Å². The Balaban J connectivity index is 0.000000273. The fourth-order valence-corrected chi connectivity index (χ4v) is 9.73. The number of nitrogens with two attached hydrogens (primary N) is 1. The molecule has 1 unspecified atom stereocenters. The predicted molar refractivity (Wildman–Crippen MR) is 191 cm³/mol. The van der Waals surface area contributed by atoms with Crippen molar-refractivity contribution in [1.29, 1.82) is 0 Å². The second kappa shape index (κ2) is 18.6. The van der Waals surface area contributed by atoms with Crippen LogP contribution in [0, 0.1) is 23.4 Å². The third kappa shape index (κ3) is 10.6. The number of thiophene rings is 2. The molecule has 0 aliphatic rings. The van der Waals surface area contributed by atoms with E-state index in [9.17, 15) is 22.2 Å². The Hall–Kier alpha value is -2.36. The topological polar surface area (TPSA) is 206 Å². The number of ether oxygens (including phenoxy) is 3. The number of carbonyl (C=O) groups is 2. The van der Waals surface area contributed by atoms with Crippen LogP contribution in [0.2, 0.25) is 0 Å². The van der Waals surface area contributed by atoms with E-state index in [1.54, 1.807) is 45.6 Å². The molecule has 0 aliphatic heterocycles. The summed E-state index contributed by atoms with van der Waals surface area (Å²) in [5, 5.41) is 16.2. The zero-order chi connectivity index (χ0) is 36.5. The van der Waals surface area contributed by atoms with Crippen LogP contribution in [0.3, 0.4) is 0 Å². The highest BCUT2D eigenvalue weighted by Gasteiger charge is 2.20. The van der Waals surface area contributed by atoms with Crippen molar-refractivity contribution < 1.29 is 40.7 Å². The molecule has 4 heterocycles. The number of carbonyl (C=O) groups excluding carboxylic acids is 2. The number of hydroxylamine groups is 1. The van der Waals surface area contributed by atoms with E-state index in [4.69, 9.17) is 43.3 Å². The molecule has 3 N–H and O–H groups in total. The van der Waals surface area contributed by atoms with E-state index < -0.39 is 33.2 Å². The van der Waals surface area contributed by atoms with Crippen LogP contribution in [0.25, 0.3) is 0 Å². The predicted octanol–water partition coefficient (Wildman–Crippen LogP) is 5.13. The van der Waals surface area contributed by atoms with E-state index in [2.05, 4.69) is 52.3 Å². The summed E-state index contributed by atoms with van der Waals surface area (Å²) in [5.41, 5.74) is 2.07. The van der Waals surface area contributed by atoms with Gasteiger partial charge in [0.25, 0.3) is 0 Å². The average Bonchev–Trinajstić information content (AvgIpc) is 3.73. The lowest BCUT2D eigenvalue weighted by Crippen LogP contribution is -2.30. The summed E-state index contributed by atoms with van der Waals surface area (Å²) in [7, 11) is 0.992. The van der Waals surface area contributed by atoms with Crippen LogP contribution in [0.1, 0.15) is 23.6 Å². The molecule has 4 aromatic rings. The highest BCUT2D eigenvalue weighted by atomic mass is 79.9. The number of rotatable bonds is 8. The van der Waals surface area contributed by atoms with Crippen LogP contribution >= 0.6 is 79.0 Å². The van der Waals surface area contributed by atoms with E-state index in [0.717, 1.165) is 14.2 Å². The van der Waals surface area contributed by atoms with Gasteiger partial charge in [-0.05, 0) is 84.0 Å². The first-order valence-corrected chi connectivity index (χ1v) is 19.7. The van der Waals surface area contributed by atoms with Gasteiger partial charge < -0.3 is 14.2 Å². The fourth-order valence-electron chi connectivity index (χ4n) is 3.21. The van der Waals surface area contributed by atoms with Gasteiger partial charge in [-0.3, -0.25) is 9.13 Å². The molecule has 17 nitrogen and oxygen atoms in total. The Bertz CT molecular complexity index is 1970. The molecule has 48 heavy (non-hydrogen) atoms. The monoisotopic (exact) mass is 912 g/mol. The highest BCUT2D eigenvalue weighted by Crippen LogP contribution is 2.30. The van der Waals surface area contributed by atoms with E-state index in [1.165, 1.54) is 38.9 Å². The van der Waals surface area contributed by atoms with Gasteiger partial charge in [-0.25, -0.2) is 27.4 Å². The highest BCUT2D eigenvalue weighted by molar-refractivity contribution is 9.10. The van der Waals surface area contributed by atoms with Crippen LogP contribution in [-0.2, 0) is 44.2 Å². The van der Waals surface area contributed by atoms with E-state index >= 15 is 0 Å². The minimum absolute atomic E-state index is 0.119. The number of nitrogens with one attached hydrogen (secondary N) is 1. The van der Waals surface area contributed by atoms with Crippen LogP contribution in [0.15, 0.2) is 29.5 Å². The Labute approximate surface area is 312 Å². The molecule has 0 fully saturated rings. The van der Waals surface area contributed by atoms with Crippen molar-refractivity contribution in [2.24, 2.45) is 19.2 Å². The van der Waals surface area contributed by atoms with Crippen LogP contribution in [0.5, 0.6) is 12.0 Å². The van der Waals surface area contributed by atoms with Crippen molar-refractivity contribution in [2.45, 2.75) is 37.5 Å². The molecule has 0 aromatic carbocycles. The number of amides is 1. The maximum atomic E-state index is 12.1. The number of hydrogen-bond donors (Lipinski definition) is 2. The molecule has 4 aromatic heterocycles. The van der Waals surface area contributed by atoms with Gasteiger partial charge in [0.15, 0.2) is 0 Å². The summed E-state index contributed by atoms with van der Waals surface area (Å²) in [6.45, 7) is 7.97. The molecule has 4 rings (SSSR count). The number of hydrogen-bond acceptors (Lipinski definition) is 15. The molecule has 0 spiro atoms. The van der Waals surface area contributed by atoms with Gasteiger partial charge >= 0.3 is 24.1 Å². The third-order valence-electron chi connectivity index (χ3n) is 5.38. The molecular weight excluding hydrogens is 885 g/mol. The van der Waals surface area contributed by atoms with Crippen LogP contribution in [0.4, 0.5) is 9.59 Å². The van der Waals surface area contributed by atoms with Crippen LogP contribution in [-0.4, -0.2) is 73.8 Å². The first-order chi connectivity index (χ1) is 22.4. The first-order valence-electron chi connectivity index (χ1n) is 13.0. The summed E-state index contributed by atoms with van der Waals surface area (Å²) in [5.74, 6) is 0. The fraction of sp³-hybridized carbons (Fsp3) is 0.391. The second-order valence-electron chi connectivity index (χ2n) is 8.62. The number of aromatic nitrogens is 6. The molecule has 266 valence electrons. The van der Waals surface area contributed by atoms with Gasteiger partial charge in [0.1, 0.15) is 4.90 Å². The molecular formula is C23H30Br2N8O9S6. The van der Waals surface area contributed by atoms with Crippen molar-refractivity contribution in [3.8, 4) is 12.0 Å². The Morgan fingerprint density at radius 1 is 0.958 bits per heavy atom. The number of nitrogens with zero attached hydrogens (tertiary/aromatic N) is 6. The normalized spacial score (nSPS) is 11.5. The van der Waals surface area contributed by atoms with Crippen molar-refractivity contribution in [3.05, 3.63) is 39.0 Å². The third-order valence-corrected chi connectivity index (χ3v) is 12.9. The van der Waals surface area contributed by atoms with Gasteiger partial charge in [-0.2, -0.15) is 9.76 Å². The number of sulfonamides is 1. The molecule has 0 radical (unpaired) electrons.